The molecule has 1 aromatic heterocycles. The van der Waals surface area contributed by atoms with Crippen LogP contribution in [0.1, 0.15) is 16.1 Å². The molecule has 0 aliphatic rings. The molecule has 4 N–H and O–H groups in total. The third-order valence-electron chi connectivity index (χ3n) is 2.65. The Labute approximate surface area is 110 Å². The number of hydrogen-bond acceptors (Lipinski definition) is 4. The molecule has 0 unspecified atom stereocenters. The Morgan fingerprint density at radius 1 is 1.53 bits per heavy atom. The molecule has 0 aliphatic heterocycles. The molecule has 0 saturated heterocycles. The summed E-state index contributed by atoms with van der Waals surface area (Å²) in [6.07, 6.45) is 3.17. The Balaban J connectivity index is 2.13. The van der Waals surface area contributed by atoms with Crippen molar-refractivity contribution in [3.05, 3.63) is 42.0 Å². The molecular formula is C13H16N4O2. The summed E-state index contributed by atoms with van der Waals surface area (Å²) in [7, 11) is 0. The first-order valence-corrected chi connectivity index (χ1v) is 5.93. The number of phenols is 1. The van der Waals surface area contributed by atoms with Crippen molar-refractivity contribution in [1.29, 1.82) is 0 Å². The lowest BCUT2D eigenvalue weighted by molar-refractivity contribution is 0.102. The number of rotatable bonds is 4. The van der Waals surface area contributed by atoms with Crippen LogP contribution in [0.15, 0.2) is 30.7 Å². The summed E-state index contributed by atoms with van der Waals surface area (Å²) in [6.45, 7) is 2.97. The smallest absolute Gasteiger partial charge is 0.275 e. The summed E-state index contributed by atoms with van der Waals surface area (Å²) in [5, 5.41) is 12.3. The zero-order valence-electron chi connectivity index (χ0n) is 10.6. The van der Waals surface area contributed by atoms with E-state index in [2.05, 4.69) is 10.3 Å². The zero-order chi connectivity index (χ0) is 13.8. The lowest BCUT2D eigenvalue weighted by atomic mass is 10.2. The molecule has 2 rings (SSSR count). The largest absolute Gasteiger partial charge is 0.506 e. The highest BCUT2D eigenvalue weighted by Crippen LogP contribution is 2.24. The Morgan fingerprint density at radius 2 is 2.32 bits per heavy atom. The van der Waals surface area contributed by atoms with Crippen LogP contribution >= 0.6 is 0 Å². The molecule has 0 radical (unpaired) electrons. The molecule has 0 fully saturated rings. The van der Waals surface area contributed by atoms with E-state index in [1.165, 1.54) is 6.07 Å². The van der Waals surface area contributed by atoms with Crippen LogP contribution in [0.2, 0.25) is 0 Å². The number of benzene rings is 1. The van der Waals surface area contributed by atoms with Crippen LogP contribution in [0, 0.1) is 6.92 Å². The number of aryl methyl sites for hydroxylation is 1. The van der Waals surface area contributed by atoms with Gasteiger partial charge in [0.25, 0.3) is 5.91 Å². The minimum atomic E-state index is -0.364. The van der Waals surface area contributed by atoms with Gasteiger partial charge in [-0.1, -0.05) is 6.07 Å². The second-order valence-electron chi connectivity index (χ2n) is 4.26. The van der Waals surface area contributed by atoms with Gasteiger partial charge in [0.05, 0.1) is 12.0 Å². The molecule has 1 amide bonds. The van der Waals surface area contributed by atoms with Gasteiger partial charge in [0, 0.05) is 19.3 Å². The highest BCUT2D eigenvalue weighted by Gasteiger charge is 2.11. The topological polar surface area (TPSA) is 93.2 Å². The first-order chi connectivity index (χ1) is 9.10. The maximum absolute atomic E-state index is 12.0. The van der Waals surface area contributed by atoms with Gasteiger partial charge in [0.2, 0.25) is 0 Å². The molecule has 0 bridgehead atoms. The van der Waals surface area contributed by atoms with Crippen molar-refractivity contribution in [2.45, 2.75) is 13.5 Å². The Morgan fingerprint density at radius 3 is 3.05 bits per heavy atom. The van der Waals surface area contributed by atoms with E-state index in [4.69, 9.17) is 5.73 Å². The molecule has 1 aromatic carbocycles. The van der Waals surface area contributed by atoms with Gasteiger partial charge >= 0.3 is 0 Å². The van der Waals surface area contributed by atoms with E-state index in [1.807, 2.05) is 6.92 Å². The minimum Gasteiger partial charge on any atom is -0.506 e. The second kappa shape index (κ2) is 5.53. The van der Waals surface area contributed by atoms with Crippen molar-refractivity contribution >= 4 is 11.6 Å². The van der Waals surface area contributed by atoms with Crippen LogP contribution in [0.3, 0.4) is 0 Å². The zero-order valence-corrected chi connectivity index (χ0v) is 10.6. The van der Waals surface area contributed by atoms with Crippen molar-refractivity contribution < 1.29 is 9.90 Å². The molecule has 6 heteroatoms. The van der Waals surface area contributed by atoms with Crippen molar-refractivity contribution in [2.24, 2.45) is 5.73 Å². The number of imidazole rings is 1. The lowest BCUT2D eigenvalue weighted by Gasteiger charge is -2.06. The number of nitrogens with two attached hydrogens (primary N) is 1. The monoisotopic (exact) mass is 260 g/mol. The predicted octanol–water partition coefficient (Wildman–Crippen LogP) is 1.11. The number of carbonyl (C=O) groups is 1. The van der Waals surface area contributed by atoms with Crippen molar-refractivity contribution in [2.75, 3.05) is 11.9 Å². The summed E-state index contributed by atoms with van der Waals surface area (Å²) < 4.78 is 1.74. The van der Waals surface area contributed by atoms with E-state index in [1.54, 1.807) is 29.2 Å². The first-order valence-electron chi connectivity index (χ1n) is 5.93. The van der Waals surface area contributed by atoms with Crippen molar-refractivity contribution in [3.8, 4) is 5.75 Å². The number of hydrogen-bond donors (Lipinski definition) is 3. The second-order valence-corrected chi connectivity index (χ2v) is 4.26. The van der Waals surface area contributed by atoms with Gasteiger partial charge in [-0.05, 0) is 24.6 Å². The van der Waals surface area contributed by atoms with Crippen LogP contribution in [0.25, 0.3) is 0 Å². The number of aromatic hydroxyl groups is 1. The third kappa shape index (κ3) is 3.11. The molecule has 100 valence electrons. The first kappa shape index (κ1) is 13.1. The lowest BCUT2D eigenvalue weighted by Crippen LogP contribution is -2.13. The molecule has 0 saturated carbocycles. The van der Waals surface area contributed by atoms with E-state index in [9.17, 15) is 9.90 Å². The summed E-state index contributed by atoms with van der Waals surface area (Å²) >= 11 is 0. The van der Waals surface area contributed by atoms with E-state index >= 15 is 0 Å². The van der Waals surface area contributed by atoms with Gasteiger partial charge in [-0.3, -0.25) is 4.79 Å². The number of phenolic OH excluding ortho intramolecular Hbond substituents is 1. The molecule has 19 heavy (non-hydrogen) atoms. The van der Waals surface area contributed by atoms with Crippen LogP contribution in [0.4, 0.5) is 5.69 Å². The molecule has 1 heterocycles. The molecule has 6 nitrogen and oxygen atoms in total. The van der Waals surface area contributed by atoms with Gasteiger partial charge in [-0.2, -0.15) is 0 Å². The van der Waals surface area contributed by atoms with Crippen LogP contribution in [-0.4, -0.2) is 27.1 Å². The molecule has 2 aromatic rings. The van der Waals surface area contributed by atoms with Gasteiger partial charge in [0.1, 0.15) is 11.4 Å². The van der Waals surface area contributed by atoms with Gasteiger partial charge in [-0.25, -0.2) is 4.98 Å². The summed E-state index contributed by atoms with van der Waals surface area (Å²) in [5.74, 6) is -0.336. The number of nitrogens with zero attached hydrogens (tertiary/aromatic N) is 2. The fraction of sp³-hybridized carbons (Fsp3) is 0.231. The quantitative estimate of drug-likeness (QED) is 0.718. The number of carbonyl (C=O) groups excluding carboxylic acids is 1. The normalized spacial score (nSPS) is 10.4. The summed E-state index contributed by atoms with van der Waals surface area (Å²) in [4.78, 5) is 16.0. The average molecular weight is 260 g/mol. The SMILES string of the molecule is Cc1ccc(O)c(NC(=O)c2cn(CCN)cn2)c1. The Kier molecular flexibility index (Phi) is 3.82. The van der Waals surface area contributed by atoms with E-state index in [-0.39, 0.29) is 17.4 Å². The maximum atomic E-state index is 12.0. The minimum absolute atomic E-state index is 0.0281. The number of nitrogens with one attached hydrogen (secondary N) is 1. The maximum Gasteiger partial charge on any atom is 0.275 e. The fourth-order valence-corrected chi connectivity index (χ4v) is 1.69. The predicted molar refractivity (Wildman–Crippen MR) is 72.1 cm³/mol. The van der Waals surface area contributed by atoms with E-state index < -0.39 is 0 Å². The standard InChI is InChI=1S/C13H16N4O2/c1-9-2-3-12(18)10(6-9)16-13(19)11-7-17(5-4-14)8-15-11/h2-3,6-8,18H,4-5,14H2,1H3,(H,16,19). The van der Waals surface area contributed by atoms with E-state index in [0.717, 1.165) is 5.56 Å². The van der Waals surface area contributed by atoms with Crippen molar-refractivity contribution in [3.63, 3.8) is 0 Å². The molecule has 0 spiro atoms. The molecule has 0 atom stereocenters. The van der Waals surface area contributed by atoms with Gasteiger partial charge in [-0.15, -0.1) is 0 Å². The van der Waals surface area contributed by atoms with E-state index in [0.29, 0.717) is 18.8 Å². The highest BCUT2D eigenvalue weighted by molar-refractivity contribution is 6.03. The summed E-state index contributed by atoms with van der Waals surface area (Å²) in [5.41, 5.74) is 7.03. The van der Waals surface area contributed by atoms with Gasteiger partial charge < -0.3 is 20.7 Å². The van der Waals surface area contributed by atoms with Crippen LogP contribution in [-0.2, 0) is 6.54 Å². The highest BCUT2D eigenvalue weighted by atomic mass is 16.3. The Bertz CT molecular complexity index is 592. The summed E-state index contributed by atoms with van der Waals surface area (Å²) in [6, 6.07) is 5.00. The van der Waals surface area contributed by atoms with Gasteiger partial charge in [0.15, 0.2) is 0 Å². The van der Waals surface area contributed by atoms with Crippen LogP contribution < -0.4 is 11.1 Å². The van der Waals surface area contributed by atoms with Crippen LogP contribution in [0.5, 0.6) is 5.75 Å². The molecule has 0 aliphatic carbocycles. The Hall–Kier alpha value is -2.34. The number of amides is 1. The van der Waals surface area contributed by atoms with Crippen molar-refractivity contribution in [1.82, 2.24) is 9.55 Å². The third-order valence-corrected chi connectivity index (χ3v) is 2.65. The fourth-order valence-electron chi connectivity index (χ4n) is 1.69. The average Bonchev–Trinajstić information content (AvgIpc) is 2.83. The molecular weight excluding hydrogens is 244 g/mol. The number of aromatic nitrogens is 2. The number of anilines is 1.